The van der Waals surface area contributed by atoms with Crippen LogP contribution in [0.5, 0.6) is 17.5 Å². The normalized spacial score (nSPS) is 9.93. The van der Waals surface area contributed by atoms with Crippen molar-refractivity contribution < 1.29 is 14.9 Å². The van der Waals surface area contributed by atoms with Gasteiger partial charge in [-0.15, -0.1) is 11.6 Å². The van der Waals surface area contributed by atoms with Gasteiger partial charge in [-0.2, -0.15) is 4.98 Å². The first-order valence-electron chi connectivity index (χ1n) is 13.5. The van der Waals surface area contributed by atoms with Gasteiger partial charge in [0, 0.05) is 11.6 Å². The summed E-state index contributed by atoms with van der Waals surface area (Å²) in [6.45, 7) is 12.2. The molecule has 13 heteroatoms. The number of aromatic amines is 3. The standard InChI is InChI=1S/C12H12N2O3S.C8H9Cl.C6H15N.C4H4N2O2S/c1-17-9-4-2-8(3-5-9)7-18-12-13-10(15)6-11(16)14-12;1-7-2-4-8(6-9)5-3-7;1-4-7(5-2)6-3;7-2-1-3(8)6-4(9)5-2/h2-6H,7H2,1H3,(H2,13,14,15,16);2-5H,6H2,1H3;4-6H2,1-3H3;1H,(H3,5,6,7,8,9). The summed E-state index contributed by atoms with van der Waals surface area (Å²) in [7, 11) is 1.62. The van der Waals surface area contributed by atoms with E-state index in [1.54, 1.807) is 7.11 Å². The number of ether oxygens (including phenoxy) is 1. The molecule has 2 aromatic carbocycles. The lowest BCUT2D eigenvalue weighted by Gasteiger charge is -2.13. The Morgan fingerprint density at radius 2 is 1.44 bits per heavy atom. The molecule has 5 N–H and O–H groups in total. The number of hydrogen-bond acceptors (Lipinski definition) is 9. The predicted molar refractivity (Wildman–Crippen MR) is 177 cm³/mol. The Hall–Kier alpha value is -3.58. The molecule has 0 fully saturated rings. The fraction of sp³-hybridized carbons (Fsp3) is 0.333. The Morgan fingerprint density at radius 1 is 0.884 bits per heavy atom. The second-order valence-electron chi connectivity index (χ2n) is 8.76. The second kappa shape index (κ2) is 21.2. The van der Waals surface area contributed by atoms with Gasteiger partial charge in [0.25, 0.3) is 11.1 Å². The van der Waals surface area contributed by atoms with Crippen LogP contribution < -0.4 is 15.9 Å². The number of benzene rings is 2. The summed E-state index contributed by atoms with van der Waals surface area (Å²) in [5, 5.41) is 18.2. The van der Waals surface area contributed by atoms with Gasteiger partial charge in [-0.1, -0.05) is 74.5 Å². The molecular weight excluding hydrogens is 610 g/mol. The highest BCUT2D eigenvalue weighted by Gasteiger charge is 2.02. The molecule has 0 unspecified atom stereocenters. The molecule has 4 rings (SSSR count). The summed E-state index contributed by atoms with van der Waals surface area (Å²) >= 11 is 11.4. The van der Waals surface area contributed by atoms with Gasteiger partial charge >= 0.3 is 0 Å². The number of aryl methyl sites for hydroxylation is 1. The van der Waals surface area contributed by atoms with E-state index >= 15 is 0 Å². The van der Waals surface area contributed by atoms with E-state index < -0.39 is 5.56 Å². The average Bonchev–Trinajstić information content (AvgIpc) is 2.97. The molecule has 0 saturated carbocycles. The number of hydrogen-bond donors (Lipinski definition) is 5. The molecule has 43 heavy (non-hydrogen) atoms. The zero-order valence-corrected chi connectivity index (χ0v) is 27.4. The van der Waals surface area contributed by atoms with E-state index in [4.69, 9.17) is 21.4 Å². The minimum Gasteiger partial charge on any atom is -0.497 e. The Bertz CT molecular complexity index is 1470. The van der Waals surface area contributed by atoms with Gasteiger partial charge in [-0.05, 0) is 62.0 Å². The third kappa shape index (κ3) is 16.6. The second-order valence-corrected chi connectivity index (χ2v) is 10.4. The van der Waals surface area contributed by atoms with Crippen molar-refractivity contribution in [3.05, 3.63) is 103 Å². The van der Waals surface area contributed by atoms with E-state index in [0.717, 1.165) is 23.4 Å². The largest absolute Gasteiger partial charge is 0.497 e. The number of nitrogens with one attached hydrogen (secondary N) is 3. The molecule has 2 heterocycles. The van der Waals surface area contributed by atoms with E-state index in [-0.39, 0.29) is 22.1 Å². The summed E-state index contributed by atoms with van der Waals surface area (Å²) in [4.78, 5) is 34.9. The maximum Gasteiger partial charge on any atom is 0.255 e. The van der Waals surface area contributed by atoms with Crippen LogP contribution in [0.2, 0.25) is 0 Å². The number of aromatic nitrogens is 4. The number of aromatic hydroxyl groups is 2. The first-order valence-corrected chi connectivity index (χ1v) is 15.4. The van der Waals surface area contributed by atoms with E-state index in [2.05, 4.69) is 76.9 Å². The molecule has 2 aromatic heterocycles. The lowest BCUT2D eigenvalue weighted by atomic mass is 10.2. The quantitative estimate of drug-likeness (QED) is 0.0671. The van der Waals surface area contributed by atoms with E-state index in [1.807, 2.05) is 36.4 Å². The molecule has 4 aromatic rings. The van der Waals surface area contributed by atoms with Gasteiger partial charge in [-0.25, -0.2) is 0 Å². The van der Waals surface area contributed by atoms with Crippen LogP contribution in [0.25, 0.3) is 0 Å². The molecule has 0 amide bonds. The van der Waals surface area contributed by atoms with Gasteiger partial charge in [-0.3, -0.25) is 14.6 Å². The SMILES string of the molecule is CCN(CC)CC.COc1ccc(CSc2nc(O)cc(=O)[nH]2)cc1.Cc1ccc(CCl)cc1.O=c1cc(O)[nH]c(=S)[nH]1. The summed E-state index contributed by atoms with van der Waals surface area (Å²) in [5.41, 5.74) is 2.77. The van der Waals surface area contributed by atoms with Crippen LogP contribution in [0.4, 0.5) is 0 Å². The zero-order chi connectivity index (χ0) is 32.2. The fourth-order valence-corrected chi connectivity index (χ4v) is 4.38. The van der Waals surface area contributed by atoms with E-state index in [0.29, 0.717) is 16.8 Å². The van der Waals surface area contributed by atoms with Crippen molar-refractivity contribution in [1.29, 1.82) is 0 Å². The van der Waals surface area contributed by atoms with Crippen LogP contribution >= 0.6 is 35.6 Å². The fourth-order valence-electron chi connectivity index (χ4n) is 3.17. The van der Waals surface area contributed by atoms with Crippen LogP contribution in [0.15, 0.2) is 75.4 Å². The molecule has 0 aliphatic rings. The third-order valence-corrected chi connectivity index (χ3v) is 7.06. The van der Waals surface area contributed by atoms with Crippen molar-refractivity contribution in [2.45, 2.75) is 44.5 Å². The average molecular weight is 650 g/mol. The van der Waals surface area contributed by atoms with Crippen molar-refractivity contribution in [2.24, 2.45) is 0 Å². The topological polar surface area (TPSA) is 147 Å². The smallest absolute Gasteiger partial charge is 0.255 e. The van der Waals surface area contributed by atoms with Crippen molar-refractivity contribution in [1.82, 2.24) is 24.8 Å². The molecule has 0 aliphatic carbocycles. The van der Waals surface area contributed by atoms with E-state index in [1.165, 1.54) is 42.5 Å². The van der Waals surface area contributed by atoms with Gasteiger partial charge < -0.3 is 29.8 Å². The highest BCUT2D eigenvalue weighted by molar-refractivity contribution is 7.98. The highest BCUT2D eigenvalue weighted by atomic mass is 35.5. The maximum atomic E-state index is 11.1. The third-order valence-electron chi connectivity index (χ3n) is 5.60. The predicted octanol–water partition coefficient (Wildman–Crippen LogP) is 6.00. The number of alkyl halides is 1. The van der Waals surface area contributed by atoms with Crippen LogP contribution in [-0.4, -0.2) is 61.8 Å². The van der Waals surface area contributed by atoms with Gasteiger partial charge in [0.05, 0.1) is 19.2 Å². The summed E-state index contributed by atoms with van der Waals surface area (Å²) in [6.07, 6.45) is 0. The molecule has 234 valence electrons. The summed E-state index contributed by atoms with van der Waals surface area (Å²) in [6, 6.07) is 17.9. The number of H-pyrrole nitrogens is 3. The number of nitrogens with zero attached hydrogens (tertiary/aromatic N) is 2. The number of halogens is 1. The zero-order valence-electron chi connectivity index (χ0n) is 25.0. The minimum atomic E-state index is -0.406. The molecule has 0 aliphatic heterocycles. The Labute approximate surface area is 266 Å². The highest BCUT2D eigenvalue weighted by Crippen LogP contribution is 2.21. The Kier molecular flexibility index (Phi) is 18.4. The first kappa shape index (κ1) is 37.4. The number of thioether (sulfide) groups is 1. The Morgan fingerprint density at radius 3 is 1.88 bits per heavy atom. The molecule has 0 bridgehead atoms. The molecule has 0 spiro atoms. The van der Waals surface area contributed by atoms with Gasteiger partial charge in [0.1, 0.15) is 5.75 Å². The van der Waals surface area contributed by atoms with Gasteiger partial charge in [0.2, 0.25) is 5.88 Å². The lowest BCUT2D eigenvalue weighted by molar-refractivity contribution is 0.321. The van der Waals surface area contributed by atoms with Crippen LogP contribution in [0, 0.1) is 11.7 Å². The summed E-state index contributed by atoms with van der Waals surface area (Å²) in [5.74, 6) is 1.57. The minimum absolute atomic E-state index is 0.125. The maximum absolute atomic E-state index is 11.1. The van der Waals surface area contributed by atoms with Crippen LogP contribution in [0.3, 0.4) is 0 Å². The molecule has 0 radical (unpaired) electrons. The number of rotatable bonds is 8. The monoisotopic (exact) mass is 649 g/mol. The Balaban J connectivity index is 0.000000313. The lowest BCUT2D eigenvalue weighted by Crippen LogP contribution is -2.21. The number of methoxy groups -OCH3 is 1. The van der Waals surface area contributed by atoms with Crippen molar-refractivity contribution >= 4 is 35.6 Å². The molecule has 10 nitrogen and oxygen atoms in total. The summed E-state index contributed by atoms with van der Waals surface area (Å²) < 4.78 is 5.19. The molecular formula is C30H40ClN5O5S2. The van der Waals surface area contributed by atoms with Crippen molar-refractivity contribution in [3.8, 4) is 17.5 Å². The van der Waals surface area contributed by atoms with Crippen LogP contribution in [-0.2, 0) is 11.6 Å². The van der Waals surface area contributed by atoms with Gasteiger partial charge in [0.15, 0.2) is 15.8 Å². The molecule has 0 atom stereocenters. The molecule has 0 saturated heterocycles. The van der Waals surface area contributed by atoms with Crippen molar-refractivity contribution in [3.63, 3.8) is 0 Å². The first-order chi connectivity index (χ1) is 20.5. The van der Waals surface area contributed by atoms with E-state index in [9.17, 15) is 14.7 Å². The van der Waals surface area contributed by atoms with Crippen molar-refractivity contribution in [2.75, 3.05) is 26.7 Å². The van der Waals surface area contributed by atoms with Crippen LogP contribution in [0.1, 0.15) is 37.5 Å².